The van der Waals surface area contributed by atoms with Crippen molar-refractivity contribution in [3.05, 3.63) is 35.9 Å². The smallest absolute Gasteiger partial charge is 0.475 e. The highest BCUT2D eigenvalue weighted by Gasteiger charge is 2.38. The number of carbonyl (C=O) groups is 1. The maximum atomic E-state index is 10.6. The first kappa shape index (κ1) is 17.5. The first-order valence-electron chi connectivity index (χ1n) is 6.56. The minimum atomic E-state index is -5.08. The fourth-order valence-electron chi connectivity index (χ4n) is 2.11. The standard InChI is InChI=1S/C12H18N2.C2HF3O2/c1-10(11-5-3-2-4-6-11)14-8-7-12(13)9-14;3-2(4,5)1(6)7/h2-6,10,12H,7-9,13H2,1H3;(H,6,7)/t10?,12-;/m0./s1. The minimum Gasteiger partial charge on any atom is -0.475 e. The van der Waals surface area contributed by atoms with Crippen LogP contribution in [0.4, 0.5) is 13.2 Å². The predicted octanol–water partition coefficient (Wildman–Crippen LogP) is 2.41. The Morgan fingerprint density at radius 2 is 1.90 bits per heavy atom. The van der Waals surface area contributed by atoms with Gasteiger partial charge in [-0.15, -0.1) is 0 Å². The summed E-state index contributed by atoms with van der Waals surface area (Å²) in [7, 11) is 0. The molecule has 3 N–H and O–H groups in total. The summed E-state index contributed by atoms with van der Waals surface area (Å²) in [6.45, 7) is 4.43. The predicted molar refractivity (Wildman–Crippen MR) is 72.7 cm³/mol. The van der Waals surface area contributed by atoms with E-state index >= 15 is 0 Å². The van der Waals surface area contributed by atoms with Crippen LogP contribution >= 0.6 is 0 Å². The van der Waals surface area contributed by atoms with Crippen LogP contribution in [0.25, 0.3) is 0 Å². The molecule has 1 saturated heterocycles. The number of hydrogen-bond acceptors (Lipinski definition) is 3. The highest BCUT2D eigenvalue weighted by atomic mass is 19.4. The molecule has 1 aliphatic heterocycles. The van der Waals surface area contributed by atoms with Gasteiger partial charge in [-0.05, 0) is 18.9 Å². The molecular formula is C14H19F3N2O2. The number of halogens is 3. The molecule has 1 heterocycles. The molecule has 0 aliphatic carbocycles. The molecule has 2 atom stereocenters. The second-order valence-electron chi connectivity index (χ2n) is 4.93. The van der Waals surface area contributed by atoms with Gasteiger partial charge in [-0.25, -0.2) is 4.79 Å². The van der Waals surface area contributed by atoms with Gasteiger partial charge >= 0.3 is 12.1 Å². The number of likely N-dealkylation sites (tertiary alicyclic amines) is 1. The van der Waals surface area contributed by atoms with E-state index in [0.29, 0.717) is 12.1 Å². The van der Waals surface area contributed by atoms with E-state index in [1.165, 1.54) is 5.56 Å². The molecule has 1 fully saturated rings. The van der Waals surface area contributed by atoms with Crippen molar-refractivity contribution in [3.8, 4) is 0 Å². The topological polar surface area (TPSA) is 66.6 Å². The number of nitrogens with two attached hydrogens (primary N) is 1. The zero-order valence-corrected chi connectivity index (χ0v) is 11.7. The molecule has 21 heavy (non-hydrogen) atoms. The van der Waals surface area contributed by atoms with E-state index in [9.17, 15) is 13.2 Å². The third-order valence-electron chi connectivity index (χ3n) is 3.33. The number of carboxylic acid groups (broad SMARTS) is 1. The summed E-state index contributed by atoms with van der Waals surface area (Å²) in [4.78, 5) is 11.4. The lowest BCUT2D eigenvalue weighted by Crippen LogP contribution is -2.28. The van der Waals surface area contributed by atoms with Gasteiger partial charge in [0.15, 0.2) is 0 Å². The number of nitrogens with zero attached hydrogens (tertiary/aromatic N) is 1. The molecule has 1 aromatic rings. The van der Waals surface area contributed by atoms with Crippen LogP contribution in [0.1, 0.15) is 24.9 Å². The average molecular weight is 304 g/mol. The first-order chi connectivity index (χ1) is 9.71. The lowest BCUT2D eigenvalue weighted by molar-refractivity contribution is -0.192. The summed E-state index contributed by atoms with van der Waals surface area (Å²) in [5.74, 6) is -2.76. The van der Waals surface area contributed by atoms with Crippen molar-refractivity contribution in [1.29, 1.82) is 0 Å². The maximum absolute atomic E-state index is 10.6. The number of carboxylic acids is 1. The number of alkyl halides is 3. The Morgan fingerprint density at radius 3 is 2.29 bits per heavy atom. The van der Waals surface area contributed by atoms with Gasteiger partial charge in [-0.2, -0.15) is 13.2 Å². The van der Waals surface area contributed by atoms with Crippen LogP contribution in [0.2, 0.25) is 0 Å². The summed E-state index contributed by atoms with van der Waals surface area (Å²) in [6, 6.07) is 11.5. The molecule has 0 amide bonds. The number of hydrogen-bond donors (Lipinski definition) is 2. The SMILES string of the molecule is CC(c1ccccc1)N1CC[C@H](N)C1.O=C(O)C(F)(F)F. The second-order valence-corrected chi connectivity index (χ2v) is 4.93. The Balaban J connectivity index is 0.000000270. The molecule has 1 aliphatic rings. The Hall–Kier alpha value is -1.60. The van der Waals surface area contributed by atoms with Crippen LogP contribution in [0.3, 0.4) is 0 Å². The highest BCUT2D eigenvalue weighted by molar-refractivity contribution is 5.73. The van der Waals surface area contributed by atoms with E-state index in [2.05, 4.69) is 42.2 Å². The van der Waals surface area contributed by atoms with Gasteiger partial charge in [-0.1, -0.05) is 30.3 Å². The maximum Gasteiger partial charge on any atom is 0.490 e. The molecule has 0 aromatic heterocycles. The molecule has 2 rings (SSSR count). The summed E-state index contributed by atoms with van der Waals surface area (Å²) < 4.78 is 31.7. The van der Waals surface area contributed by atoms with Crippen molar-refractivity contribution < 1.29 is 23.1 Å². The molecule has 0 saturated carbocycles. The van der Waals surface area contributed by atoms with Crippen LogP contribution in [0.15, 0.2) is 30.3 Å². The van der Waals surface area contributed by atoms with Crippen molar-refractivity contribution in [2.24, 2.45) is 5.73 Å². The molecule has 0 bridgehead atoms. The monoisotopic (exact) mass is 304 g/mol. The van der Waals surface area contributed by atoms with Crippen molar-refractivity contribution in [2.45, 2.75) is 31.6 Å². The van der Waals surface area contributed by atoms with Crippen molar-refractivity contribution in [1.82, 2.24) is 4.90 Å². The fourth-order valence-corrected chi connectivity index (χ4v) is 2.11. The van der Waals surface area contributed by atoms with Gasteiger partial charge in [0.2, 0.25) is 0 Å². The van der Waals surface area contributed by atoms with Crippen molar-refractivity contribution >= 4 is 5.97 Å². The minimum absolute atomic E-state index is 0.376. The highest BCUT2D eigenvalue weighted by Crippen LogP contribution is 2.23. The van der Waals surface area contributed by atoms with Crippen LogP contribution in [0, 0.1) is 0 Å². The van der Waals surface area contributed by atoms with Gasteiger partial charge in [0, 0.05) is 25.2 Å². The Kier molecular flexibility index (Phi) is 6.17. The second kappa shape index (κ2) is 7.42. The van der Waals surface area contributed by atoms with Gasteiger partial charge in [0.25, 0.3) is 0 Å². The third kappa shape index (κ3) is 5.73. The molecule has 118 valence electrons. The van der Waals surface area contributed by atoms with Gasteiger partial charge < -0.3 is 10.8 Å². The molecule has 1 aromatic carbocycles. The molecular weight excluding hydrogens is 285 g/mol. The lowest BCUT2D eigenvalue weighted by Gasteiger charge is -2.24. The molecule has 1 unspecified atom stereocenters. The van der Waals surface area contributed by atoms with Gasteiger partial charge in [-0.3, -0.25) is 4.90 Å². The summed E-state index contributed by atoms with van der Waals surface area (Å²) in [5.41, 5.74) is 7.29. The zero-order valence-electron chi connectivity index (χ0n) is 11.7. The van der Waals surface area contributed by atoms with E-state index in [4.69, 9.17) is 15.6 Å². The number of aliphatic carboxylic acids is 1. The van der Waals surface area contributed by atoms with E-state index in [1.54, 1.807) is 0 Å². The largest absolute Gasteiger partial charge is 0.490 e. The van der Waals surface area contributed by atoms with Crippen molar-refractivity contribution in [2.75, 3.05) is 13.1 Å². The summed E-state index contributed by atoms with van der Waals surface area (Å²) >= 11 is 0. The Labute approximate surface area is 121 Å². The quantitative estimate of drug-likeness (QED) is 0.880. The summed E-state index contributed by atoms with van der Waals surface area (Å²) in [5, 5.41) is 7.12. The fraction of sp³-hybridized carbons (Fsp3) is 0.500. The molecule has 0 radical (unpaired) electrons. The van der Waals surface area contributed by atoms with Crippen LogP contribution in [0.5, 0.6) is 0 Å². The van der Waals surface area contributed by atoms with Crippen LogP contribution in [-0.4, -0.2) is 41.3 Å². The lowest BCUT2D eigenvalue weighted by atomic mass is 10.1. The first-order valence-corrected chi connectivity index (χ1v) is 6.56. The van der Waals surface area contributed by atoms with E-state index in [-0.39, 0.29) is 0 Å². The van der Waals surface area contributed by atoms with Gasteiger partial charge in [0.05, 0.1) is 0 Å². The van der Waals surface area contributed by atoms with Gasteiger partial charge in [0.1, 0.15) is 0 Å². The molecule has 0 spiro atoms. The van der Waals surface area contributed by atoms with Crippen LogP contribution < -0.4 is 5.73 Å². The molecule has 7 heteroatoms. The van der Waals surface area contributed by atoms with E-state index in [1.807, 2.05) is 0 Å². The van der Waals surface area contributed by atoms with Crippen LogP contribution in [-0.2, 0) is 4.79 Å². The normalized spacial score (nSPS) is 20.5. The number of benzene rings is 1. The zero-order chi connectivity index (χ0) is 16.0. The summed E-state index contributed by atoms with van der Waals surface area (Å²) in [6.07, 6.45) is -3.95. The van der Waals surface area contributed by atoms with Crippen molar-refractivity contribution in [3.63, 3.8) is 0 Å². The molecule has 4 nitrogen and oxygen atoms in total. The Morgan fingerprint density at radius 1 is 1.38 bits per heavy atom. The number of rotatable bonds is 2. The van der Waals surface area contributed by atoms with E-state index < -0.39 is 12.1 Å². The Bertz CT molecular complexity index is 451. The average Bonchev–Trinajstić information content (AvgIpc) is 2.85. The van der Waals surface area contributed by atoms with E-state index in [0.717, 1.165) is 19.5 Å². The third-order valence-corrected chi connectivity index (χ3v) is 3.33.